The molecule has 0 amide bonds. The molecule has 0 aliphatic carbocycles. The lowest BCUT2D eigenvalue weighted by Gasteiger charge is -2.03. The molecular formula is C15H13NOS. The summed E-state index contributed by atoms with van der Waals surface area (Å²) >= 11 is 1.65. The molecule has 90 valence electrons. The van der Waals surface area contributed by atoms with Crippen molar-refractivity contribution in [3.63, 3.8) is 0 Å². The molecule has 2 aromatic heterocycles. The summed E-state index contributed by atoms with van der Waals surface area (Å²) in [5, 5.41) is 3.10. The zero-order valence-corrected chi connectivity index (χ0v) is 11.1. The monoisotopic (exact) mass is 255 g/mol. The summed E-state index contributed by atoms with van der Waals surface area (Å²) in [6.07, 6.45) is 3.40. The number of benzene rings is 1. The van der Waals surface area contributed by atoms with Gasteiger partial charge in [0.15, 0.2) is 0 Å². The Labute approximate surface area is 110 Å². The highest BCUT2D eigenvalue weighted by Crippen LogP contribution is 2.30. The third-order valence-corrected chi connectivity index (χ3v) is 3.83. The summed E-state index contributed by atoms with van der Waals surface area (Å²) in [6.45, 7) is 4.22. The lowest BCUT2D eigenvalue weighted by molar-refractivity contribution is 0.568. The molecule has 0 fully saturated rings. The number of aromatic nitrogens is 1. The first kappa shape index (κ1) is 11.2. The van der Waals surface area contributed by atoms with Crippen LogP contribution in [0.5, 0.6) is 0 Å². The molecule has 0 saturated heterocycles. The predicted molar refractivity (Wildman–Crippen MR) is 74.7 cm³/mol. The Balaban J connectivity index is 2.05. The molecule has 0 atom stereocenters. The van der Waals surface area contributed by atoms with E-state index < -0.39 is 0 Å². The third kappa shape index (κ3) is 1.97. The lowest BCUT2D eigenvalue weighted by Crippen LogP contribution is -1.85. The molecule has 0 aliphatic heterocycles. The number of aryl methyl sites for hydroxylation is 2. The minimum atomic E-state index is 1.000. The predicted octanol–water partition coefficient (Wildman–Crippen LogP) is 4.69. The largest absolute Gasteiger partial charge is 0.472 e. The van der Waals surface area contributed by atoms with E-state index in [1.54, 1.807) is 23.9 Å². The minimum absolute atomic E-state index is 1.000. The van der Waals surface area contributed by atoms with Gasteiger partial charge < -0.3 is 4.42 Å². The smallest absolute Gasteiger partial charge is 0.127 e. The second-order valence-electron chi connectivity index (χ2n) is 4.37. The molecule has 0 bridgehead atoms. The second kappa shape index (κ2) is 4.42. The van der Waals surface area contributed by atoms with E-state index in [-0.39, 0.29) is 0 Å². The van der Waals surface area contributed by atoms with Gasteiger partial charge in [-0.05, 0) is 31.5 Å². The molecular weight excluding hydrogens is 242 g/mol. The highest BCUT2D eigenvalue weighted by atomic mass is 32.1. The van der Waals surface area contributed by atoms with Gasteiger partial charge in [0.25, 0.3) is 0 Å². The molecule has 3 heteroatoms. The van der Waals surface area contributed by atoms with E-state index in [4.69, 9.17) is 4.42 Å². The first-order valence-electron chi connectivity index (χ1n) is 5.80. The normalized spacial score (nSPS) is 10.8. The van der Waals surface area contributed by atoms with Crippen LogP contribution in [-0.4, -0.2) is 4.98 Å². The third-order valence-electron chi connectivity index (χ3n) is 2.94. The van der Waals surface area contributed by atoms with Gasteiger partial charge in [0, 0.05) is 16.5 Å². The Morgan fingerprint density at radius 2 is 2.06 bits per heavy atom. The van der Waals surface area contributed by atoms with Crippen LogP contribution in [0.2, 0.25) is 0 Å². The fourth-order valence-electron chi connectivity index (χ4n) is 1.93. The first-order valence-corrected chi connectivity index (χ1v) is 6.68. The van der Waals surface area contributed by atoms with Crippen LogP contribution in [0.3, 0.4) is 0 Å². The SMILES string of the molecule is Cc1ccc(C)c(-c2csc(-c3ccoc3)n2)c1. The number of hydrogen-bond acceptors (Lipinski definition) is 3. The van der Waals surface area contributed by atoms with Gasteiger partial charge in [0.05, 0.1) is 12.0 Å². The van der Waals surface area contributed by atoms with Crippen molar-refractivity contribution in [1.29, 1.82) is 0 Å². The maximum atomic E-state index is 5.09. The minimum Gasteiger partial charge on any atom is -0.472 e. The zero-order valence-electron chi connectivity index (χ0n) is 10.3. The number of thiazole rings is 1. The van der Waals surface area contributed by atoms with E-state index in [1.165, 1.54) is 16.7 Å². The first-order chi connectivity index (χ1) is 8.74. The Bertz CT molecular complexity index is 668. The van der Waals surface area contributed by atoms with E-state index in [0.717, 1.165) is 16.3 Å². The van der Waals surface area contributed by atoms with Crippen molar-refractivity contribution < 1.29 is 4.42 Å². The van der Waals surface area contributed by atoms with Crippen molar-refractivity contribution in [2.24, 2.45) is 0 Å². The van der Waals surface area contributed by atoms with E-state index in [9.17, 15) is 0 Å². The molecule has 0 aliphatic rings. The van der Waals surface area contributed by atoms with Crippen LogP contribution in [0.25, 0.3) is 21.8 Å². The van der Waals surface area contributed by atoms with E-state index in [2.05, 4.69) is 42.4 Å². The molecule has 2 heterocycles. The second-order valence-corrected chi connectivity index (χ2v) is 5.23. The van der Waals surface area contributed by atoms with Gasteiger partial charge in [0.1, 0.15) is 11.3 Å². The number of rotatable bonds is 2. The van der Waals surface area contributed by atoms with E-state index in [0.29, 0.717) is 0 Å². The molecule has 0 saturated carbocycles. The van der Waals surface area contributed by atoms with Crippen LogP contribution < -0.4 is 0 Å². The number of furan rings is 1. The van der Waals surface area contributed by atoms with E-state index in [1.807, 2.05) is 6.07 Å². The lowest BCUT2D eigenvalue weighted by atomic mass is 10.0. The average Bonchev–Trinajstić information content (AvgIpc) is 3.00. The van der Waals surface area contributed by atoms with Crippen molar-refractivity contribution in [3.05, 3.63) is 53.3 Å². The topological polar surface area (TPSA) is 26.0 Å². The number of hydrogen-bond donors (Lipinski definition) is 0. The van der Waals surface area contributed by atoms with Crippen molar-refractivity contribution in [2.45, 2.75) is 13.8 Å². The fraction of sp³-hybridized carbons (Fsp3) is 0.133. The number of nitrogens with zero attached hydrogens (tertiary/aromatic N) is 1. The van der Waals surface area contributed by atoms with Crippen molar-refractivity contribution in [3.8, 4) is 21.8 Å². The quantitative estimate of drug-likeness (QED) is 0.664. The summed E-state index contributed by atoms with van der Waals surface area (Å²) < 4.78 is 5.09. The Morgan fingerprint density at radius 3 is 2.83 bits per heavy atom. The summed E-state index contributed by atoms with van der Waals surface area (Å²) in [6, 6.07) is 8.39. The molecule has 1 aromatic carbocycles. The summed E-state index contributed by atoms with van der Waals surface area (Å²) in [5.41, 5.74) is 5.80. The summed E-state index contributed by atoms with van der Waals surface area (Å²) in [7, 11) is 0. The Morgan fingerprint density at radius 1 is 1.17 bits per heavy atom. The summed E-state index contributed by atoms with van der Waals surface area (Å²) in [4.78, 5) is 4.68. The molecule has 2 nitrogen and oxygen atoms in total. The van der Waals surface area contributed by atoms with Gasteiger partial charge in [-0.3, -0.25) is 0 Å². The van der Waals surface area contributed by atoms with Gasteiger partial charge in [-0.25, -0.2) is 4.98 Å². The molecule has 3 rings (SSSR count). The molecule has 0 N–H and O–H groups in total. The molecule has 0 radical (unpaired) electrons. The standard InChI is InChI=1S/C15H13NOS/c1-10-3-4-11(2)13(7-10)14-9-18-15(16-14)12-5-6-17-8-12/h3-9H,1-2H3. The molecule has 0 unspecified atom stereocenters. The van der Waals surface area contributed by atoms with Gasteiger partial charge in [0.2, 0.25) is 0 Å². The van der Waals surface area contributed by atoms with Crippen molar-refractivity contribution >= 4 is 11.3 Å². The van der Waals surface area contributed by atoms with Gasteiger partial charge >= 0.3 is 0 Å². The van der Waals surface area contributed by atoms with Gasteiger partial charge in [-0.15, -0.1) is 11.3 Å². The Kier molecular flexibility index (Phi) is 2.76. The van der Waals surface area contributed by atoms with Crippen LogP contribution in [-0.2, 0) is 0 Å². The molecule has 18 heavy (non-hydrogen) atoms. The molecule has 3 aromatic rings. The van der Waals surface area contributed by atoms with Crippen LogP contribution in [0.1, 0.15) is 11.1 Å². The van der Waals surface area contributed by atoms with E-state index >= 15 is 0 Å². The highest BCUT2D eigenvalue weighted by molar-refractivity contribution is 7.13. The van der Waals surface area contributed by atoms with Crippen LogP contribution in [0.4, 0.5) is 0 Å². The van der Waals surface area contributed by atoms with Crippen LogP contribution in [0.15, 0.2) is 46.6 Å². The Hall–Kier alpha value is -1.87. The van der Waals surface area contributed by atoms with Crippen LogP contribution >= 0.6 is 11.3 Å². The van der Waals surface area contributed by atoms with Gasteiger partial charge in [-0.2, -0.15) is 0 Å². The van der Waals surface area contributed by atoms with Crippen molar-refractivity contribution in [2.75, 3.05) is 0 Å². The highest BCUT2D eigenvalue weighted by Gasteiger charge is 2.09. The summed E-state index contributed by atoms with van der Waals surface area (Å²) in [5.74, 6) is 0. The van der Waals surface area contributed by atoms with Crippen LogP contribution in [0, 0.1) is 13.8 Å². The fourth-order valence-corrected chi connectivity index (χ4v) is 2.73. The molecule has 0 spiro atoms. The van der Waals surface area contributed by atoms with Crippen molar-refractivity contribution in [1.82, 2.24) is 4.98 Å². The average molecular weight is 255 g/mol. The zero-order chi connectivity index (χ0) is 12.5. The maximum absolute atomic E-state index is 5.09. The maximum Gasteiger partial charge on any atom is 0.127 e. The van der Waals surface area contributed by atoms with Gasteiger partial charge in [-0.1, -0.05) is 17.7 Å².